The molecule has 0 amide bonds. The van der Waals surface area contributed by atoms with E-state index in [0.717, 1.165) is 0 Å². The monoisotopic (exact) mass is 189 g/mol. The minimum absolute atomic E-state index is 0.254. The predicted octanol–water partition coefficient (Wildman–Crippen LogP) is 2.98. The summed E-state index contributed by atoms with van der Waals surface area (Å²) in [7, 11) is 0. The summed E-state index contributed by atoms with van der Waals surface area (Å²) < 4.78 is 18.1. The Balaban J connectivity index is 2.23. The lowest BCUT2D eigenvalue weighted by Gasteiger charge is -1.93. The zero-order chi connectivity index (χ0) is 9.80. The van der Waals surface area contributed by atoms with Crippen LogP contribution in [0.15, 0.2) is 41.1 Å². The summed E-state index contributed by atoms with van der Waals surface area (Å²) in [5.41, 5.74) is 0.519. The quantitative estimate of drug-likeness (QED) is 0.725. The van der Waals surface area contributed by atoms with Crippen molar-refractivity contribution in [1.82, 2.24) is 4.98 Å². The molecular weight excluding hydrogens is 181 g/mol. The topological polar surface area (TPSA) is 26.0 Å². The smallest absolute Gasteiger partial charge is 0.218 e. The summed E-state index contributed by atoms with van der Waals surface area (Å²) >= 11 is 0. The van der Waals surface area contributed by atoms with Crippen molar-refractivity contribution in [3.8, 4) is 0 Å². The van der Waals surface area contributed by atoms with E-state index in [9.17, 15) is 4.39 Å². The van der Waals surface area contributed by atoms with E-state index in [2.05, 4.69) is 4.98 Å². The van der Waals surface area contributed by atoms with Gasteiger partial charge in [-0.05, 0) is 12.1 Å². The average Bonchev–Trinajstić information content (AvgIpc) is 2.69. The van der Waals surface area contributed by atoms with Gasteiger partial charge in [-0.25, -0.2) is 9.37 Å². The largest absolute Gasteiger partial charge is 0.445 e. The SMILES string of the molecule is Fc1ccccc1C=Cc1ncco1. The Bertz CT molecular complexity index is 434. The van der Waals surface area contributed by atoms with Crippen molar-refractivity contribution in [2.45, 2.75) is 0 Å². The molecule has 0 radical (unpaired) electrons. The number of halogens is 1. The van der Waals surface area contributed by atoms with Crippen molar-refractivity contribution in [3.63, 3.8) is 0 Å². The summed E-state index contributed by atoms with van der Waals surface area (Å²) in [6, 6.07) is 6.53. The van der Waals surface area contributed by atoms with E-state index in [4.69, 9.17) is 4.42 Å². The number of benzene rings is 1. The fourth-order valence-electron chi connectivity index (χ4n) is 1.09. The average molecular weight is 189 g/mol. The van der Waals surface area contributed by atoms with E-state index >= 15 is 0 Å². The molecule has 0 fully saturated rings. The summed E-state index contributed by atoms with van der Waals surface area (Å²) in [5.74, 6) is 0.212. The van der Waals surface area contributed by atoms with Gasteiger partial charge in [0, 0.05) is 11.6 Å². The molecule has 2 rings (SSSR count). The van der Waals surface area contributed by atoms with Crippen molar-refractivity contribution in [2.24, 2.45) is 0 Å². The highest BCUT2D eigenvalue weighted by Gasteiger charge is 1.95. The number of nitrogens with zero attached hydrogens (tertiary/aromatic N) is 1. The number of rotatable bonds is 2. The molecule has 0 N–H and O–H groups in total. The van der Waals surface area contributed by atoms with Crippen LogP contribution in [0.1, 0.15) is 11.5 Å². The maximum atomic E-state index is 13.1. The Morgan fingerprint density at radius 2 is 2.07 bits per heavy atom. The molecule has 3 heteroatoms. The van der Waals surface area contributed by atoms with E-state index in [1.54, 1.807) is 36.5 Å². The van der Waals surface area contributed by atoms with Gasteiger partial charge in [0.1, 0.15) is 12.1 Å². The first-order valence-corrected chi connectivity index (χ1v) is 4.18. The highest BCUT2D eigenvalue weighted by molar-refractivity contribution is 5.66. The summed E-state index contributed by atoms with van der Waals surface area (Å²) in [4.78, 5) is 3.89. The Kier molecular flexibility index (Phi) is 2.40. The molecule has 1 heterocycles. The lowest BCUT2D eigenvalue weighted by atomic mass is 10.2. The Labute approximate surface area is 80.7 Å². The van der Waals surface area contributed by atoms with Crippen LogP contribution in [0.25, 0.3) is 12.2 Å². The minimum Gasteiger partial charge on any atom is -0.445 e. The van der Waals surface area contributed by atoms with Crippen LogP contribution in [0, 0.1) is 5.82 Å². The van der Waals surface area contributed by atoms with Crippen LogP contribution in [-0.4, -0.2) is 4.98 Å². The Hall–Kier alpha value is -1.90. The van der Waals surface area contributed by atoms with E-state index < -0.39 is 0 Å². The molecule has 2 aromatic rings. The van der Waals surface area contributed by atoms with Gasteiger partial charge in [-0.2, -0.15) is 0 Å². The third-order valence-corrected chi connectivity index (χ3v) is 1.76. The van der Waals surface area contributed by atoms with Gasteiger partial charge in [0.15, 0.2) is 0 Å². The molecule has 0 spiro atoms. The second kappa shape index (κ2) is 3.87. The third-order valence-electron chi connectivity index (χ3n) is 1.76. The molecule has 0 saturated carbocycles. The summed E-state index contributed by atoms with van der Waals surface area (Å²) in [5, 5.41) is 0. The van der Waals surface area contributed by atoms with Crippen LogP contribution < -0.4 is 0 Å². The standard InChI is InChI=1S/C11H8FNO/c12-10-4-2-1-3-9(10)5-6-11-13-7-8-14-11/h1-8H. The van der Waals surface area contributed by atoms with Gasteiger partial charge in [-0.15, -0.1) is 0 Å². The number of hydrogen-bond acceptors (Lipinski definition) is 2. The molecular formula is C11H8FNO. The van der Waals surface area contributed by atoms with E-state index in [0.29, 0.717) is 11.5 Å². The van der Waals surface area contributed by atoms with Crippen LogP contribution in [0.2, 0.25) is 0 Å². The fourth-order valence-corrected chi connectivity index (χ4v) is 1.09. The molecule has 1 aromatic heterocycles. The number of oxazole rings is 1. The zero-order valence-electron chi connectivity index (χ0n) is 7.35. The maximum absolute atomic E-state index is 13.1. The fraction of sp³-hybridized carbons (Fsp3) is 0. The van der Waals surface area contributed by atoms with E-state index in [1.165, 1.54) is 12.3 Å². The zero-order valence-corrected chi connectivity index (χ0v) is 7.35. The van der Waals surface area contributed by atoms with Crippen molar-refractivity contribution < 1.29 is 8.81 Å². The first-order chi connectivity index (χ1) is 6.86. The molecule has 0 saturated heterocycles. The molecule has 0 aliphatic heterocycles. The first kappa shape index (κ1) is 8.69. The molecule has 0 unspecified atom stereocenters. The Morgan fingerprint density at radius 3 is 2.79 bits per heavy atom. The molecule has 0 aliphatic carbocycles. The van der Waals surface area contributed by atoms with Gasteiger partial charge >= 0.3 is 0 Å². The van der Waals surface area contributed by atoms with Crippen LogP contribution in [0.3, 0.4) is 0 Å². The normalized spacial score (nSPS) is 10.9. The van der Waals surface area contributed by atoms with Crippen LogP contribution in [0.4, 0.5) is 4.39 Å². The molecule has 14 heavy (non-hydrogen) atoms. The van der Waals surface area contributed by atoms with Crippen LogP contribution in [-0.2, 0) is 0 Å². The number of aromatic nitrogens is 1. The highest BCUT2D eigenvalue weighted by atomic mass is 19.1. The first-order valence-electron chi connectivity index (χ1n) is 4.18. The highest BCUT2D eigenvalue weighted by Crippen LogP contribution is 2.10. The van der Waals surface area contributed by atoms with Gasteiger partial charge in [-0.1, -0.05) is 18.2 Å². The minimum atomic E-state index is -0.254. The van der Waals surface area contributed by atoms with E-state index in [-0.39, 0.29) is 5.82 Å². The summed E-state index contributed by atoms with van der Waals surface area (Å²) in [6.07, 6.45) is 6.27. The molecule has 0 atom stereocenters. The second-order valence-corrected chi connectivity index (χ2v) is 2.73. The Morgan fingerprint density at radius 1 is 1.21 bits per heavy atom. The molecule has 0 bridgehead atoms. The maximum Gasteiger partial charge on any atom is 0.218 e. The van der Waals surface area contributed by atoms with Gasteiger partial charge in [0.25, 0.3) is 0 Å². The third kappa shape index (κ3) is 1.88. The predicted molar refractivity (Wildman–Crippen MR) is 51.8 cm³/mol. The van der Waals surface area contributed by atoms with Gasteiger partial charge < -0.3 is 4.42 Å². The van der Waals surface area contributed by atoms with Gasteiger partial charge in [0.05, 0.1) is 6.20 Å². The molecule has 1 aromatic carbocycles. The van der Waals surface area contributed by atoms with Crippen molar-refractivity contribution in [2.75, 3.05) is 0 Å². The molecule has 2 nitrogen and oxygen atoms in total. The van der Waals surface area contributed by atoms with E-state index in [1.807, 2.05) is 0 Å². The van der Waals surface area contributed by atoms with Crippen molar-refractivity contribution >= 4 is 12.2 Å². The van der Waals surface area contributed by atoms with Crippen LogP contribution in [0.5, 0.6) is 0 Å². The lowest BCUT2D eigenvalue weighted by Crippen LogP contribution is -1.79. The molecule has 0 aliphatic rings. The van der Waals surface area contributed by atoms with Crippen molar-refractivity contribution in [1.29, 1.82) is 0 Å². The number of hydrogen-bond donors (Lipinski definition) is 0. The van der Waals surface area contributed by atoms with Crippen LogP contribution >= 0.6 is 0 Å². The van der Waals surface area contributed by atoms with Crippen molar-refractivity contribution in [3.05, 3.63) is 54.0 Å². The second-order valence-electron chi connectivity index (χ2n) is 2.73. The van der Waals surface area contributed by atoms with Gasteiger partial charge in [0.2, 0.25) is 5.89 Å². The summed E-state index contributed by atoms with van der Waals surface area (Å²) in [6.45, 7) is 0. The molecule has 70 valence electrons. The van der Waals surface area contributed by atoms with Gasteiger partial charge in [-0.3, -0.25) is 0 Å². The lowest BCUT2D eigenvalue weighted by molar-refractivity contribution is 0.547.